The number of ether oxygens (including phenoxy) is 1. The Balaban J connectivity index is 1.39. The third-order valence-electron chi connectivity index (χ3n) is 6.06. The van der Waals surface area contributed by atoms with Gasteiger partial charge >= 0.3 is 0 Å². The number of piperidine rings is 1. The zero-order valence-corrected chi connectivity index (χ0v) is 19.4. The molecule has 0 saturated carbocycles. The molecule has 0 aliphatic carbocycles. The van der Waals surface area contributed by atoms with Crippen molar-refractivity contribution < 1.29 is 4.74 Å². The number of nitrogens with one attached hydrogen (secondary N) is 2. The molecule has 3 aromatic rings. The molecule has 2 aromatic heterocycles. The fourth-order valence-electron chi connectivity index (χ4n) is 4.22. The second kappa shape index (κ2) is 11.5. The summed E-state index contributed by atoms with van der Waals surface area (Å²) >= 11 is 0. The molecule has 1 aromatic carbocycles. The molecule has 1 unspecified atom stereocenters. The monoisotopic (exact) mass is 447 g/mol. The Kier molecular flexibility index (Phi) is 7.92. The first kappa shape index (κ1) is 22.8. The minimum absolute atomic E-state index is 0.281. The number of imidazole rings is 1. The van der Waals surface area contributed by atoms with Gasteiger partial charge in [-0.15, -0.1) is 0 Å². The molecule has 2 N–H and O–H groups in total. The maximum absolute atomic E-state index is 5.35. The third kappa shape index (κ3) is 6.10. The first-order chi connectivity index (χ1) is 16.3. The van der Waals surface area contributed by atoms with Crippen LogP contribution in [0, 0.1) is 0 Å². The molecule has 3 heterocycles. The van der Waals surface area contributed by atoms with Crippen LogP contribution in [0.2, 0.25) is 0 Å². The number of rotatable bonds is 8. The van der Waals surface area contributed by atoms with Crippen LogP contribution in [0.1, 0.15) is 36.4 Å². The highest BCUT2D eigenvalue weighted by atomic mass is 16.5. The zero-order chi connectivity index (χ0) is 22.9. The van der Waals surface area contributed by atoms with Crippen LogP contribution in [0.5, 0.6) is 5.75 Å². The summed E-state index contributed by atoms with van der Waals surface area (Å²) in [6, 6.07) is 12.8. The van der Waals surface area contributed by atoms with Gasteiger partial charge in [-0.05, 0) is 61.3 Å². The normalized spacial score (nSPS) is 15.8. The van der Waals surface area contributed by atoms with E-state index in [9.17, 15) is 0 Å². The molecule has 0 bridgehead atoms. The molecule has 1 aliphatic rings. The Morgan fingerprint density at radius 1 is 1.09 bits per heavy atom. The minimum atomic E-state index is 0.281. The lowest BCUT2D eigenvalue weighted by atomic mass is 10.0. The molecule has 1 saturated heterocycles. The number of methoxy groups -OCH3 is 1. The number of benzene rings is 1. The van der Waals surface area contributed by atoms with Crippen LogP contribution in [0.4, 0.5) is 0 Å². The summed E-state index contributed by atoms with van der Waals surface area (Å²) in [5.74, 6) is 2.51. The highest BCUT2D eigenvalue weighted by molar-refractivity contribution is 5.79. The van der Waals surface area contributed by atoms with Gasteiger partial charge in [0.05, 0.1) is 13.2 Å². The highest BCUT2D eigenvalue weighted by Crippen LogP contribution is 2.25. The van der Waals surface area contributed by atoms with Crippen LogP contribution in [0.25, 0.3) is 5.82 Å². The molecule has 174 valence electrons. The fraction of sp³-hybridized carbons (Fsp3) is 0.400. The quantitative estimate of drug-likeness (QED) is 0.408. The summed E-state index contributed by atoms with van der Waals surface area (Å²) in [6.45, 7) is 3.68. The number of hydrogen-bond donors (Lipinski definition) is 2. The van der Waals surface area contributed by atoms with E-state index in [2.05, 4.69) is 48.7 Å². The Hall–Kier alpha value is -3.39. The van der Waals surface area contributed by atoms with Crippen LogP contribution in [-0.2, 0) is 6.54 Å². The van der Waals surface area contributed by atoms with E-state index in [1.54, 1.807) is 19.6 Å². The number of aliphatic imine (C=N–C) groups is 1. The fourth-order valence-corrected chi connectivity index (χ4v) is 4.22. The summed E-state index contributed by atoms with van der Waals surface area (Å²) in [6.07, 6.45) is 11.0. The molecular weight excluding hydrogens is 414 g/mol. The van der Waals surface area contributed by atoms with Gasteiger partial charge in [-0.2, -0.15) is 0 Å². The largest absolute Gasteiger partial charge is 0.497 e. The predicted molar refractivity (Wildman–Crippen MR) is 131 cm³/mol. The van der Waals surface area contributed by atoms with Crippen LogP contribution in [-0.4, -0.2) is 59.2 Å². The van der Waals surface area contributed by atoms with Crippen molar-refractivity contribution in [1.29, 1.82) is 0 Å². The molecule has 0 amide bonds. The third-order valence-corrected chi connectivity index (χ3v) is 6.06. The lowest BCUT2D eigenvalue weighted by Crippen LogP contribution is -2.44. The number of aromatic nitrogens is 3. The molecule has 33 heavy (non-hydrogen) atoms. The first-order valence-corrected chi connectivity index (χ1v) is 11.5. The summed E-state index contributed by atoms with van der Waals surface area (Å²) in [7, 11) is 3.51. The van der Waals surface area contributed by atoms with E-state index in [0.717, 1.165) is 42.7 Å². The van der Waals surface area contributed by atoms with Crippen molar-refractivity contribution in [3.05, 3.63) is 72.4 Å². The molecule has 4 rings (SSSR count). The van der Waals surface area contributed by atoms with E-state index in [1.807, 2.05) is 42.2 Å². The Morgan fingerprint density at radius 3 is 2.61 bits per heavy atom. The maximum Gasteiger partial charge on any atom is 0.191 e. The van der Waals surface area contributed by atoms with E-state index in [1.165, 1.54) is 24.8 Å². The second-order valence-corrected chi connectivity index (χ2v) is 8.18. The van der Waals surface area contributed by atoms with Crippen molar-refractivity contribution in [3.8, 4) is 11.6 Å². The van der Waals surface area contributed by atoms with E-state index < -0.39 is 0 Å². The van der Waals surface area contributed by atoms with Crippen molar-refractivity contribution in [2.75, 3.05) is 33.8 Å². The second-order valence-electron chi connectivity index (χ2n) is 8.18. The van der Waals surface area contributed by atoms with Gasteiger partial charge in [-0.1, -0.05) is 18.6 Å². The average molecular weight is 448 g/mol. The predicted octanol–water partition coefficient (Wildman–Crippen LogP) is 3.17. The van der Waals surface area contributed by atoms with Gasteiger partial charge in [-0.3, -0.25) is 14.5 Å². The summed E-state index contributed by atoms with van der Waals surface area (Å²) in [4.78, 5) is 15.5. The van der Waals surface area contributed by atoms with Crippen LogP contribution in [0.15, 0.2) is 66.3 Å². The summed E-state index contributed by atoms with van der Waals surface area (Å²) < 4.78 is 7.25. The SMILES string of the molecule is CN=C(NCc1ccnc(-n2ccnc2)c1)NCC(c1ccc(OC)cc1)N1CCCCC1. The molecule has 0 spiro atoms. The van der Waals surface area contributed by atoms with Gasteiger partial charge in [0.2, 0.25) is 0 Å². The minimum Gasteiger partial charge on any atom is -0.497 e. The Morgan fingerprint density at radius 2 is 1.91 bits per heavy atom. The molecule has 8 nitrogen and oxygen atoms in total. The molecule has 1 atom stereocenters. The number of likely N-dealkylation sites (tertiary alicyclic amines) is 1. The topological polar surface area (TPSA) is 79.6 Å². The van der Waals surface area contributed by atoms with Crippen molar-refractivity contribution in [1.82, 2.24) is 30.1 Å². The van der Waals surface area contributed by atoms with Gasteiger partial charge in [0.1, 0.15) is 17.9 Å². The number of hydrogen-bond acceptors (Lipinski definition) is 5. The van der Waals surface area contributed by atoms with Crippen LogP contribution in [0.3, 0.4) is 0 Å². The number of nitrogens with zero attached hydrogens (tertiary/aromatic N) is 5. The standard InChI is InChI=1S/C25H33N7O/c1-26-25(29-17-20-10-11-28-24(16-20)32-15-12-27-19-32)30-18-23(31-13-4-3-5-14-31)21-6-8-22(33-2)9-7-21/h6-12,15-16,19,23H,3-5,13-14,17-18H2,1-2H3,(H2,26,29,30). The molecular formula is C25H33N7O. The van der Waals surface area contributed by atoms with E-state index in [4.69, 9.17) is 4.74 Å². The van der Waals surface area contributed by atoms with E-state index in [-0.39, 0.29) is 6.04 Å². The summed E-state index contributed by atoms with van der Waals surface area (Å²) in [5.41, 5.74) is 2.42. The van der Waals surface area contributed by atoms with E-state index in [0.29, 0.717) is 6.54 Å². The molecule has 8 heteroatoms. The molecule has 1 aliphatic heterocycles. The van der Waals surface area contributed by atoms with E-state index >= 15 is 0 Å². The van der Waals surface area contributed by atoms with Crippen molar-refractivity contribution >= 4 is 5.96 Å². The maximum atomic E-state index is 5.35. The Bertz CT molecular complexity index is 1010. The zero-order valence-electron chi connectivity index (χ0n) is 19.4. The van der Waals surface area contributed by atoms with Crippen molar-refractivity contribution in [3.63, 3.8) is 0 Å². The van der Waals surface area contributed by atoms with Crippen LogP contribution < -0.4 is 15.4 Å². The smallest absolute Gasteiger partial charge is 0.191 e. The van der Waals surface area contributed by atoms with Gasteiger partial charge < -0.3 is 15.4 Å². The lowest BCUT2D eigenvalue weighted by Gasteiger charge is -2.35. The van der Waals surface area contributed by atoms with Gasteiger partial charge in [0, 0.05) is 38.7 Å². The van der Waals surface area contributed by atoms with Gasteiger partial charge in [0.25, 0.3) is 0 Å². The van der Waals surface area contributed by atoms with Crippen molar-refractivity contribution in [2.45, 2.75) is 31.8 Å². The Labute approximate surface area is 195 Å². The highest BCUT2D eigenvalue weighted by Gasteiger charge is 2.22. The average Bonchev–Trinajstić information content (AvgIpc) is 3.42. The lowest BCUT2D eigenvalue weighted by molar-refractivity contribution is 0.164. The first-order valence-electron chi connectivity index (χ1n) is 11.5. The molecule has 1 fully saturated rings. The number of pyridine rings is 1. The van der Waals surface area contributed by atoms with Gasteiger partial charge in [0.15, 0.2) is 5.96 Å². The summed E-state index contributed by atoms with van der Waals surface area (Å²) in [5, 5.41) is 6.98. The number of guanidine groups is 1. The van der Waals surface area contributed by atoms with Gasteiger partial charge in [-0.25, -0.2) is 9.97 Å². The molecule has 0 radical (unpaired) electrons. The van der Waals surface area contributed by atoms with Crippen molar-refractivity contribution in [2.24, 2.45) is 4.99 Å². The van der Waals surface area contributed by atoms with Crippen LogP contribution >= 0.6 is 0 Å².